The first-order valence-corrected chi connectivity index (χ1v) is 10.1. The first-order valence-electron chi connectivity index (χ1n) is 10.1. The summed E-state index contributed by atoms with van der Waals surface area (Å²) in [5, 5.41) is 0. The first-order chi connectivity index (χ1) is 12.5. The molecule has 1 aromatic heterocycles. The van der Waals surface area contributed by atoms with Crippen molar-refractivity contribution in [2.45, 2.75) is 53.0 Å². The van der Waals surface area contributed by atoms with Crippen LogP contribution in [0, 0.1) is 12.8 Å². The zero-order chi connectivity index (χ0) is 18.7. The van der Waals surface area contributed by atoms with Crippen LogP contribution in [0.5, 0.6) is 0 Å². The Kier molecular flexibility index (Phi) is 6.12. The van der Waals surface area contributed by atoms with E-state index >= 15 is 0 Å². The number of piperazine rings is 1. The summed E-state index contributed by atoms with van der Waals surface area (Å²) in [6, 6.07) is 2.72. The molecule has 0 unspecified atom stereocenters. The molecule has 2 fully saturated rings. The molecule has 0 aliphatic carbocycles. The largest absolute Gasteiger partial charge is 0.354 e. The van der Waals surface area contributed by atoms with E-state index < -0.39 is 0 Å². The van der Waals surface area contributed by atoms with Crippen molar-refractivity contribution < 1.29 is 4.79 Å². The van der Waals surface area contributed by atoms with Crippen molar-refractivity contribution >= 4 is 11.7 Å². The molecule has 2 aliphatic rings. The number of rotatable bonds is 4. The number of hydrogen-bond donors (Lipinski definition) is 0. The smallest absolute Gasteiger partial charge is 0.225 e. The Bertz CT molecular complexity index is 617. The molecule has 1 aromatic rings. The molecular formula is C20H33N5O. The van der Waals surface area contributed by atoms with Crippen LogP contribution < -0.4 is 4.90 Å². The van der Waals surface area contributed by atoms with Gasteiger partial charge in [0.15, 0.2) is 0 Å². The van der Waals surface area contributed by atoms with Crippen molar-refractivity contribution in [1.29, 1.82) is 0 Å². The fraction of sp³-hybridized carbons (Fsp3) is 0.750. The topological polar surface area (TPSA) is 52.6 Å². The van der Waals surface area contributed by atoms with E-state index in [1.807, 2.05) is 25.7 Å². The average Bonchev–Trinajstić information content (AvgIpc) is 2.67. The standard InChI is InChI=1S/C20H33N5O/c1-5-18-21-16(4)14-19(22-18)24-12-10-23(11-13-24)17-6-8-25(9-7-17)20(26)15(2)3/h14-15,17H,5-13H2,1-4H3. The Balaban J connectivity index is 1.52. The van der Waals surface area contributed by atoms with E-state index in [1.54, 1.807) is 0 Å². The Morgan fingerprint density at radius 3 is 2.35 bits per heavy atom. The number of amides is 1. The van der Waals surface area contributed by atoms with Gasteiger partial charge in [-0.2, -0.15) is 0 Å². The molecule has 0 aromatic carbocycles. The molecule has 144 valence electrons. The van der Waals surface area contributed by atoms with Crippen LogP contribution in [0.2, 0.25) is 0 Å². The molecule has 0 radical (unpaired) electrons. The quantitative estimate of drug-likeness (QED) is 0.824. The van der Waals surface area contributed by atoms with Crippen molar-refractivity contribution in [2.24, 2.45) is 5.92 Å². The molecule has 3 rings (SSSR count). The lowest BCUT2D eigenvalue weighted by Crippen LogP contribution is -2.54. The zero-order valence-corrected chi connectivity index (χ0v) is 16.7. The maximum Gasteiger partial charge on any atom is 0.225 e. The lowest BCUT2D eigenvalue weighted by atomic mass is 10.0. The summed E-state index contributed by atoms with van der Waals surface area (Å²) in [7, 11) is 0. The van der Waals surface area contributed by atoms with Gasteiger partial charge in [0, 0.05) is 69.4 Å². The molecule has 1 amide bonds. The molecule has 0 spiro atoms. The SMILES string of the molecule is CCc1nc(C)cc(N2CCN(C3CCN(C(=O)C(C)C)CC3)CC2)n1. The summed E-state index contributed by atoms with van der Waals surface area (Å²) in [4.78, 5) is 28.4. The molecule has 6 nitrogen and oxygen atoms in total. The van der Waals surface area contributed by atoms with Gasteiger partial charge in [0.05, 0.1) is 0 Å². The Morgan fingerprint density at radius 1 is 1.12 bits per heavy atom. The third-order valence-electron chi connectivity index (χ3n) is 5.63. The fourth-order valence-electron chi connectivity index (χ4n) is 4.07. The minimum absolute atomic E-state index is 0.111. The molecule has 0 atom stereocenters. The highest BCUT2D eigenvalue weighted by Crippen LogP contribution is 2.22. The number of aryl methyl sites for hydroxylation is 2. The molecule has 2 aliphatic heterocycles. The normalized spacial score (nSPS) is 20.0. The summed E-state index contributed by atoms with van der Waals surface area (Å²) < 4.78 is 0. The number of nitrogens with zero attached hydrogens (tertiary/aromatic N) is 5. The second-order valence-corrected chi connectivity index (χ2v) is 7.87. The van der Waals surface area contributed by atoms with Gasteiger partial charge in [-0.1, -0.05) is 20.8 Å². The van der Waals surface area contributed by atoms with Crippen LogP contribution in [0.25, 0.3) is 0 Å². The molecule has 0 N–H and O–H groups in total. The number of carbonyl (C=O) groups excluding carboxylic acids is 1. The average molecular weight is 360 g/mol. The number of likely N-dealkylation sites (tertiary alicyclic amines) is 1. The van der Waals surface area contributed by atoms with Crippen LogP contribution in [-0.4, -0.2) is 71.0 Å². The Morgan fingerprint density at radius 2 is 1.77 bits per heavy atom. The van der Waals surface area contributed by atoms with Gasteiger partial charge in [0.2, 0.25) is 5.91 Å². The second kappa shape index (κ2) is 8.33. The van der Waals surface area contributed by atoms with Gasteiger partial charge in [-0.25, -0.2) is 9.97 Å². The minimum atomic E-state index is 0.111. The van der Waals surface area contributed by atoms with E-state index in [2.05, 4.69) is 27.8 Å². The van der Waals surface area contributed by atoms with Crippen LogP contribution in [-0.2, 0) is 11.2 Å². The molecule has 26 heavy (non-hydrogen) atoms. The summed E-state index contributed by atoms with van der Waals surface area (Å²) in [6.07, 6.45) is 3.08. The van der Waals surface area contributed by atoms with E-state index in [0.29, 0.717) is 11.9 Å². The number of piperidine rings is 1. The third-order valence-corrected chi connectivity index (χ3v) is 5.63. The van der Waals surface area contributed by atoms with Crippen molar-refractivity contribution in [3.8, 4) is 0 Å². The minimum Gasteiger partial charge on any atom is -0.354 e. The second-order valence-electron chi connectivity index (χ2n) is 7.87. The van der Waals surface area contributed by atoms with E-state index in [1.165, 1.54) is 0 Å². The third kappa shape index (κ3) is 4.34. The summed E-state index contributed by atoms with van der Waals surface area (Å²) >= 11 is 0. The van der Waals surface area contributed by atoms with Gasteiger partial charge in [-0.15, -0.1) is 0 Å². The Labute approximate surface area is 157 Å². The monoisotopic (exact) mass is 359 g/mol. The molecule has 0 saturated carbocycles. The number of anilines is 1. The molecule has 2 saturated heterocycles. The van der Waals surface area contributed by atoms with Gasteiger partial charge in [0.1, 0.15) is 11.6 Å². The summed E-state index contributed by atoms with van der Waals surface area (Å²) in [5.74, 6) is 2.43. The maximum atomic E-state index is 12.2. The van der Waals surface area contributed by atoms with Crippen molar-refractivity contribution in [3.63, 3.8) is 0 Å². The number of aromatic nitrogens is 2. The lowest BCUT2D eigenvalue weighted by molar-refractivity contribution is -0.136. The van der Waals surface area contributed by atoms with E-state index in [4.69, 9.17) is 4.98 Å². The van der Waals surface area contributed by atoms with Crippen LogP contribution >= 0.6 is 0 Å². The fourth-order valence-corrected chi connectivity index (χ4v) is 4.07. The van der Waals surface area contributed by atoms with Gasteiger partial charge in [-0.05, 0) is 19.8 Å². The first kappa shape index (κ1) is 19.1. The zero-order valence-electron chi connectivity index (χ0n) is 16.7. The predicted octanol–water partition coefficient (Wildman–Crippen LogP) is 2.12. The molecule has 3 heterocycles. The van der Waals surface area contributed by atoms with E-state index in [9.17, 15) is 4.79 Å². The molecular weight excluding hydrogens is 326 g/mol. The van der Waals surface area contributed by atoms with Gasteiger partial charge in [-0.3, -0.25) is 9.69 Å². The van der Waals surface area contributed by atoms with Crippen molar-refractivity contribution in [3.05, 3.63) is 17.6 Å². The van der Waals surface area contributed by atoms with Crippen LogP contribution in [0.4, 0.5) is 5.82 Å². The summed E-state index contributed by atoms with van der Waals surface area (Å²) in [6.45, 7) is 14.1. The molecule has 0 bridgehead atoms. The number of carbonyl (C=O) groups is 1. The Hall–Kier alpha value is -1.69. The summed E-state index contributed by atoms with van der Waals surface area (Å²) in [5.41, 5.74) is 1.05. The van der Waals surface area contributed by atoms with Crippen LogP contribution in [0.3, 0.4) is 0 Å². The van der Waals surface area contributed by atoms with Crippen LogP contribution in [0.1, 0.15) is 45.1 Å². The van der Waals surface area contributed by atoms with Gasteiger partial charge < -0.3 is 9.80 Å². The van der Waals surface area contributed by atoms with E-state index in [-0.39, 0.29) is 5.92 Å². The lowest BCUT2D eigenvalue weighted by Gasteiger charge is -2.43. The van der Waals surface area contributed by atoms with Crippen molar-refractivity contribution in [2.75, 3.05) is 44.2 Å². The molecule has 6 heteroatoms. The van der Waals surface area contributed by atoms with Gasteiger partial charge >= 0.3 is 0 Å². The predicted molar refractivity (Wildman–Crippen MR) is 104 cm³/mol. The number of hydrogen-bond acceptors (Lipinski definition) is 5. The van der Waals surface area contributed by atoms with E-state index in [0.717, 1.165) is 75.9 Å². The van der Waals surface area contributed by atoms with Crippen LogP contribution in [0.15, 0.2) is 6.07 Å². The van der Waals surface area contributed by atoms with Gasteiger partial charge in [0.25, 0.3) is 0 Å². The highest BCUT2D eigenvalue weighted by molar-refractivity contribution is 5.78. The highest BCUT2D eigenvalue weighted by atomic mass is 16.2. The highest BCUT2D eigenvalue weighted by Gasteiger charge is 2.30. The maximum absolute atomic E-state index is 12.2. The van der Waals surface area contributed by atoms with Crippen molar-refractivity contribution in [1.82, 2.24) is 19.8 Å².